The van der Waals surface area contributed by atoms with Crippen LogP contribution in [0.2, 0.25) is 0 Å². The van der Waals surface area contributed by atoms with Gasteiger partial charge in [0.1, 0.15) is 5.69 Å². The number of amides is 1. The van der Waals surface area contributed by atoms with Gasteiger partial charge in [-0.2, -0.15) is 0 Å². The predicted molar refractivity (Wildman–Crippen MR) is 84.5 cm³/mol. The van der Waals surface area contributed by atoms with Crippen LogP contribution in [-0.2, 0) is 0 Å². The first-order valence-electron chi connectivity index (χ1n) is 7.26. The number of primary amides is 1. The van der Waals surface area contributed by atoms with E-state index in [9.17, 15) is 4.79 Å². The number of aromatic nitrogens is 1. The summed E-state index contributed by atoms with van der Waals surface area (Å²) in [5, 5.41) is 4.53. The summed E-state index contributed by atoms with van der Waals surface area (Å²) in [6.45, 7) is 6.16. The Balaban J connectivity index is 2.17. The molecule has 1 fully saturated rings. The molecule has 3 N–H and O–H groups in total. The highest BCUT2D eigenvalue weighted by Gasteiger charge is 2.25. The van der Waals surface area contributed by atoms with Gasteiger partial charge in [0.15, 0.2) is 0 Å². The van der Waals surface area contributed by atoms with E-state index in [-0.39, 0.29) is 0 Å². The Morgan fingerprint density at radius 3 is 2.90 bits per heavy atom. The average Bonchev–Trinajstić information content (AvgIpc) is 2.48. The van der Waals surface area contributed by atoms with Crippen LogP contribution in [0.4, 0.5) is 5.69 Å². The van der Waals surface area contributed by atoms with Gasteiger partial charge in [0.2, 0.25) is 0 Å². The minimum absolute atomic E-state index is 0.321. The lowest BCUT2D eigenvalue weighted by Gasteiger charge is -2.39. The minimum Gasteiger partial charge on any atom is -0.365 e. The zero-order valence-electron chi connectivity index (χ0n) is 12.3. The molecule has 110 valence electrons. The lowest BCUT2D eigenvalue weighted by atomic mass is 10.1. The van der Waals surface area contributed by atoms with Crippen molar-refractivity contribution in [2.45, 2.75) is 25.9 Å². The van der Waals surface area contributed by atoms with E-state index in [1.165, 1.54) is 0 Å². The number of nitrogens with one attached hydrogen (secondary N) is 1. The maximum atomic E-state index is 11.6. The largest absolute Gasteiger partial charge is 0.365 e. The monoisotopic (exact) mass is 284 g/mol. The highest BCUT2D eigenvalue weighted by molar-refractivity contribution is 5.99. The first-order valence-corrected chi connectivity index (χ1v) is 7.26. The molecule has 0 bridgehead atoms. The van der Waals surface area contributed by atoms with Crippen LogP contribution in [-0.4, -0.2) is 36.1 Å². The van der Waals surface area contributed by atoms with Crippen LogP contribution in [0.15, 0.2) is 30.3 Å². The topological polar surface area (TPSA) is 71.2 Å². The standard InChI is InChI=1S/C16H20N4O/c1-10-9-20(11(2)8-18-10)15-7-14(16(17)21)19-13-6-4-3-5-12(13)15/h3-7,10-11,18H,8-9H2,1-2H3,(H2,17,21)/t10-,11+/m0/s1. The number of hydrogen-bond donors (Lipinski definition) is 2. The second-order valence-corrected chi connectivity index (χ2v) is 5.72. The number of nitrogens with two attached hydrogens (primary N) is 1. The Hall–Kier alpha value is -2.14. The fraction of sp³-hybridized carbons (Fsp3) is 0.375. The van der Waals surface area contributed by atoms with Crippen molar-refractivity contribution in [1.82, 2.24) is 10.3 Å². The van der Waals surface area contributed by atoms with Crippen molar-refractivity contribution in [2.24, 2.45) is 5.73 Å². The third kappa shape index (κ3) is 2.56. The van der Waals surface area contributed by atoms with Crippen LogP contribution in [0, 0.1) is 0 Å². The number of piperazine rings is 1. The number of carbonyl (C=O) groups is 1. The first-order chi connectivity index (χ1) is 10.1. The molecule has 1 aromatic carbocycles. The molecular weight excluding hydrogens is 264 g/mol. The molecule has 2 aromatic rings. The van der Waals surface area contributed by atoms with Crippen molar-refractivity contribution in [3.63, 3.8) is 0 Å². The highest BCUT2D eigenvalue weighted by atomic mass is 16.1. The van der Waals surface area contributed by atoms with E-state index in [1.807, 2.05) is 30.3 Å². The van der Waals surface area contributed by atoms with Gasteiger partial charge < -0.3 is 16.0 Å². The van der Waals surface area contributed by atoms with Crippen molar-refractivity contribution in [3.8, 4) is 0 Å². The number of rotatable bonds is 2. The van der Waals surface area contributed by atoms with Gasteiger partial charge in [-0.25, -0.2) is 4.98 Å². The van der Waals surface area contributed by atoms with Gasteiger partial charge in [0.25, 0.3) is 5.91 Å². The van der Waals surface area contributed by atoms with E-state index in [1.54, 1.807) is 0 Å². The van der Waals surface area contributed by atoms with Crippen LogP contribution < -0.4 is 16.0 Å². The summed E-state index contributed by atoms with van der Waals surface area (Å²) in [5.41, 5.74) is 7.60. The van der Waals surface area contributed by atoms with E-state index >= 15 is 0 Å². The summed E-state index contributed by atoms with van der Waals surface area (Å²) in [4.78, 5) is 18.2. The maximum absolute atomic E-state index is 11.6. The molecule has 0 unspecified atom stereocenters. The quantitative estimate of drug-likeness (QED) is 0.877. The number of pyridine rings is 1. The second kappa shape index (κ2) is 5.33. The van der Waals surface area contributed by atoms with Crippen LogP contribution in [0.3, 0.4) is 0 Å². The van der Waals surface area contributed by atoms with Gasteiger partial charge in [0, 0.05) is 36.2 Å². The first kappa shape index (κ1) is 13.8. The zero-order chi connectivity index (χ0) is 15.0. The summed E-state index contributed by atoms with van der Waals surface area (Å²) in [5.74, 6) is -0.488. The normalized spacial score (nSPS) is 22.5. The number of nitrogens with zero attached hydrogens (tertiary/aromatic N) is 2. The fourth-order valence-electron chi connectivity index (χ4n) is 2.88. The summed E-state index contributed by atoms with van der Waals surface area (Å²) >= 11 is 0. The molecule has 5 heteroatoms. The van der Waals surface area contributed by atoms with Crippen molar-refractivity contribution >= 4 is 22.5 Å². The molecule has 1 amide bonds. The third-order valence-electron chi connectivity index (χ3n) is 4.02. The number of carbonyl (C=O) groups excluding carboxylic acids is 1. The average molecular weight is 284 g/mol. The van der Waals surface area contributed by atoms with Crippen LogP contribution in [0.5, 0.6) is 0 Å². The molecular formula is C16H20N4O. The third-order valence-corrected chi connectivity index (χ3v) is 4.02. The Morgan fingerprint density at radius 1 is 1.38 bits per heavy atom. The molecule has 3 rings (SSSR count). The van der Waals surface area contributed by atoms with Crippen molar-refractivity contribution in [1.29, 1.82) is 0 Å². The van der Waals surface area contributed by atoms with Gasteiger partial charge in [-0.3, -0.25) is 4.79 Å². The zero-order valence-corrected chi connectivity index (χ0v) is 12.3. The number of fused-ring (bicyclic) bond motifs is 1. The highest BCUT2D eigenvalue weighted by Crippen LogP contribution is 2.29. The number of para-hydroxylation sites is 1. The summed E-state index contributed by atoms with van der Waals surface area (Å²) < 4.78 is 0. The smallest absolute Gasteiger partial charge is 0.267 e. The molecule has 1 saturated heterocycles. The molecule has 0 spiro atoms. The van der Waals surface area contributed by atoms with Gasteiger partial charge in [-0.05, 0) is 26.0 Å². The molecule has 0 aliphatic carbocycles. The molecule has 1 aliphatic rings. The number of hydrogen-bond acceptors (Lipinski definition) is 4. The Kier molecular flexibility index (Phi) is 3.51. The Bertz CT molecular complexity index is 685. The van der Waals surface area contributed by atoms with Crippen molar-refractivity contribution < 1.29 is 4.79 Å². The van der Waals surface area contributed by atoms with Crippen molar-refractivity contribution in [3.05, 3.63) is 36.0 Å². The molecule has 0 saturated carbocycles. The predicted octanol–water partition coefficient (Wildman–Crippen LogP) is 1.52. The van der Waals surface area contributed by atoms with Crippen LogP contribution in [0.1, 0.15) is 24.3 Å². The second-order valence-electron chi connectivity index (χ2n) is 5.72. The SMILES string of the molecule is C[C@@H]1CN[C@@H](C)CN1c1cc(C(N)=O)nc2ccccc12. The van der Waals surface area contributed by atoms with Crippen molar-refractivity contribution in [2.75, 3.05) is 18.0 Å². The molecule has 0 radical (unpaired) electrons. The minimum atomic E-state index is -0.488. The molecule has 2 heterocycles. The van der Waals surface area contributed by atoms with Crippen LogP contribution >= 0.6 is 0 Å². The van der Waals surface area contributed by atoms with Gasteiger partial charge in [-0.15, -0.1) is 0 Å². The Labute approximate surface area is 124 Å². The van der Waals surface area contributed by atoms with Gasteiger partial charge in [-0.1, -0.05) is 18.2 Å². The fourth-order valence-corrected chi connectivity index (χ4v) is 2.88. The van der Waals surface area contributed by atoms with E-state index in [0.717, 1.165) is 29.7 Å². The van der Waals surface area contributed by atoms with E-state index < -0.39 is 5.91 Å². The summed E-state index contributed by atoms with van der Waals surface area (Å²) in [6.07, 6.45) is 0. The molecule has 2 atom stereocenters. The van der Waals surface area contributed by atoms with E-state index in [2.05, 4.69) is 29.0 Å². The lowest BCUT2D eigenvalue weighted by molar-refractivity contribution is 0.0996. The maximum Gasteiger partial charge on any atom is 0.267 e. The molecule has 21 heavy (non-hydrogen) atoms. The van der Waals surface area contributed by atoms with Gasteiger partial charge in [0.05, 0.1) is 5.52 Å². The lowest BCUT2D eigenvalue weighted by Crippen LogP contribution is -2.54. The molecule has 1 aliphatic heterocycles. The van der Waals surface area contributed by atoms with E-state index in [4.69, 9.17) is 5.73 Å². The molecule has 1 aromatic heterocycles. The van der Waals surface area contributed by atoms with Gasteiger partial charge >= 0.3 is 0 Å². The number of benzene rings is 1. The number of anilines is 1. The summed E-state index contributed by atoms with van der Waals surface area (Å²) in [6, 6.07) is 10.5. The van der Waals surface area contributed by atoms with Crippen LogP contribution in [0.25, 0.3) is 10.9 Å². The summed E-state index contributed by atoms with van der Waals surface area (Å²) in [7, 11) is 0. The molecule has 5 nitrogen and oxygen atoms in total. The van der Waals surface area contributed by atoms with E-state index in [0.29, 0.717) is 17.8 Å². The Morgan fingerprint density at radius 2 is 2.14 bits per heavy atom.